The van der Waals surface area contributed by atoms with Crippen LogP contribution in [0.25, 0.3) is 10.9 Å². The second-order valence-corrected chi connectivity index (χ2v) is 11.9. The Labute approximate surface area is 231 Å². The Hall–Kier alpha value is -3.11. The molecule has 0 saturated heterocycles. The van der Waals surface area contributed by atoms with Crippen LogP contribution in [0.1, 0.15) is 50.1 Å². The minimum absolute atomic E-state index is 0.227. The summed E-state index contributed by atoms with van der Waals surface area (Å²) >= 11 is 6.95. The number of hydrogen-bond acceptors (Lipinski definition) is 5. The fraction of sp³-hybridized carbons (Fsp3) is 0.296. The van der Waals surface area contributed by atoms with Crippen molar-refractivity contribution in [2.24, 2.45) is 5.10 Å². The van der Waals surface area contributed by atoms with Crippen LogP contribution in [-0.2, 0) is 16.9 Å². The molecule has 1 amide bonds. The molecular formula is C27H26Br2N6O2. The molecule has 2 aromatic carbocycles. The van der Waals surface area contributed by atoms with E-state index in [4.69, 9.17) is 5.10 Å². The Morgan fingerprint density at radius 2 is 1.65 bits per heavy atom. The van der Waals surface area contributed by atoms with Gasteiger partial charge in [-0.05, 0) is 63.1 Å². The topological polar surface area (TPSA) is 85.4 Å². The molecule has 1 aliphatic rings. The lowest BCUT2D eigenvalue weighted by Crippen LogP contribution is -2.36. The van der Waals surface area contributed by atoms with Gasteiger partial charge < -0.3 is 0 Å². The molecule has 8 nitrogen and oxygen atoms in total. The lowest BCUT2D eigenvalue weighted by Gasteiger charge is -2.23. The number of benzene rings is 2. The normalized spacial score (nSPS) is 15.9. The van der Waals surface area contributed by atoms with E-state index < -0.39 is 5.54 Å². The molecule has 1 unspecified atom stereocenters. The molecule has 1 atom stereocenters. The third-order valence-electron chi connectivity index (χ3n) is 6.39. The molecule has 2 aromatic heterocycles. The van der Waals surface area contributed by atoms with Gasteiger partial charge in [0.1, 0.15) is 12.1 Å². The number of aryl methyl sites for hydroxylation is 1. The second-order valence-electron chi connectivity index (χ2n) is 10.1. The van der Waals surface area contributed by atoms with Crippen LogP contribution in [0.4, 0.5) is 0 Å². The van der Waals surface area contributed by atoms with Crippen molar-refractivity contribution >= 4 is 54.4 Å². The smallest absolute Gasteiger partial charge is 0.271 e. The summed E-state index contributed by atoms with van der Waals surface area (Å²) < 4.78 is 4.86. The number of nitrogens with zero attached hydrogens (tertiary/aromatic N) is 6. The van der Waals surface area contributed by atoms with Gasteiger partial charge in [-0.1, -0.05) is 56.1 Å². The summed E-state index contributed by atoms with van der Waals surface area (Å²) in [5.41, 5.74) is 3.06. The molecular weight excluding hydrogens is 600 g/mol. The van der Waals surface area contributed by atoms with Crippen molar-refractivity contribution in [2.45, 2.75) is 52.2 Å². The van der Waals surface area contributed by atoms with Gasteiger partial charge in [-0.2, -0.15) is 15.3 Å². The van der Waals surface area contributed by atoms with Gasteiger partial charge in [-0.15, -0.1) is 0 Å². The van der Waals surface area contributed by atoms with Gasteiger partial charge in [0.25, 0.3) is 11.5 Å². The van der Waals surface area contributed by atoms with Gasteiger partial charge in [-0.3, -0.25) is 14.3 Å². The average Bonchev–Trinajstić information content (AvgIpc) is 3.49. The van der Waals surface area contributed by atoms with Gasteiger partial charge >= 0.3 is 0 Å². The van der Waals surface area contributed by atoms with E-state index in [0.29, 0.717) is 23.0 Å². The van der Waals surface area contributed by atoms with Crippen LogP contribution in [0.3, 0.4) is 0 Å². The Bertz CT molecular complexity index is 1580. The molecule has 0 saturated carbocycles. The summed E-state index contributed by atoms with van der Waals surface area (Å²) in [5, 5.41) is 15.8. The van der Waals surface area contributed by atoms with Gasteiger partial charge in [0, 0.05) is 20.8 Å². The van der Waals surface area contributed by atoms with E-state index in [1.165, 1.54) is 9.69 Å². The molecule has 0 spiro atoms. The van der Waals surface area contributed by atoms with E-state index in [-0.39, 0.29) is 24.1 Å². The number of halogens is 2. The predicted octanol–water partition coefficient (Wildman–Crippen LogP) is 5.56. The molecule has 0 bridgehead atoms. The maximum atomic E-state index is 13.7. The molecule has 3 heterocycles. The molecule has 37 heavy (non-hydrogen) atoms. The summed E-state index contributed by atoms with van der Waals surface area (Å²) in [4.78, 5) is 27.2. The number of carbonyl (C=O) groups is 1. The van der Waals surface area contributed by atoms with Crippen molar-refractivity contribution in [3.8, 4) is 0 Å². The van der Waals surface area contributed by atoms with Crippen molar-refractivity contribution in [3.63, 3.8) is 0 Å². The first-order chi connectivity index (χ1) is 17.5. The lowest BCUT2D eigenvalue weighted by atomic mass is 9.98. The molecule has 10 heteroatoms. The first kappa shape index (κ1) is 25.5. The third kappa shape index (κ3) is 4.92. The minimum atomic E-state index is -0.401. The number of aromatic nitrogens is 4. The number of hydrogen-bond donors (Lipinski definition) is 0. The van der Waals surface area contributed by atoms with Crippen LogP contribution in [0.2, 0.25) is 0 Å². The van der Waals surface area contributed by atoms with Crippen LogP contribution in [0.15, 0.2) is 73.6 Å². The fourth-order valence-electron chi connectivity index (χ4n) is 4.54. The summed E-state index contributed by atoms with van der Waals surface area (Å²) in [5.74, 6) is -0.310. The van der Waals surface area contributed by atoms with Crippen molar-refractivity contribution in [3.05, 3.63) is 90.8 Å². The van der Waals surface area contributed by atoms with Crippen molar-refractivity contribution in [1.82, 2.24) is 24.6 Å². The molecule has 0 aliphatic carbocycles. The average molecular weight is 626 g/mol. The van der Waals surface area contributed by atoms with E-state index in [1.807, 2.05) is 76.2 Å². The zero-order chi connectivity index (χ0) is 26.5. The van der Waals surface area contributed by atoms with E-state index in [2.05, 4.69) is 42.1 Å². The number of hydrazone groups is 1. The zero-order valence-electron chi connectivity index (χ0n) is 20.9. The monoisotopic (exact) mass is 624 g/mol. The number of amides is 1. The van der Waals surface area contributed by atoms with Gasteiger partial charge in [-0.25, -0.2) is 9.69 Å². The van der Waals surface area contributed by atoms with Crippen molar-refractivity contribution in [1.29, 1.82) is 0 Å². The predicted molar refractivity (Wildman–Crippen MR) is 151 cm³/mol. The van der Waals surface area contributed by atoms with Gasteiger partial charge in [0.2, 0.25) is 0 Å². The highest BCUT2D eigenvalue weighted by Crippen LogP contribution is 2.34. The number of fused-ring (bicyclic) bond motifs is 1. The fourth-order valence-corrected chi connectivity index (χ4v) is 5.07. The van der Waals surface area contributed by atoms with E-state index in [9.17, 15) is 9.59 Å². The zero-order valence-corrected chi connectivity index (χ0v) is 24.1. The Morgan fingerprint density at radius 3 is 2.27 bits per heavy atom. The summed E-state index contributed by atoms with van der Waals surface area (Å²) in [6.45, 7) is 7.54. The highest BCUT2D eigenvalue weighted by molar-refractivity contribution is 9.10. The molecule has 190 valence electrons. The van der Waals surface area contributed by atoms with Crippen LogP contribution >= 0.6 is 31.9 Å². The summed E-state index contributed by atoms with van der Waals surface area (Å²) in [6.07, 6.45) is 2.22. The Kier molecular flexibility index (Phi) is 6.66. The second kappa shape index (κ2) is 9.64. The highest BCUT2D eigenvalue weighted by Gasteiger charge is 2.34. The van der Waals surface area contributed by atoms with E-state index in [1.54, 1.807) is 10.9 Å². The summed E-state index contributed by atoms with van der Waals surface area (Å²) in [7, 11) is 0. The first-order valence-corrected chi connectivity index (χ1v) is 13.5. The van der Waals surface area contributed by atoms with Crippen LogP contribution in [0, 0.1) is 6.92 Å². The molecule has 1 aliphatic heterocycles. The molecule has 4 aromatic rings. The highest BCUT2D eigenvalue weighted by atomic mass is 79.9. The van der Waals surface area contributed by atoms with Crippen LogP contribution < -0.4 is 5.56 Å². The van der Waals surface area contributed by atoms with E-state index >= 15 is 0 Å². The Balaban J connectivity index is 1.54. The van der Waals surface area contributed by atoms with Crippen LogP contribution in [0.5, 0.6) is 0 Å². The Morgan fingerprint density at radius 1 is 1.03 bits per heavy atom. The van der Waals surface area contributed by atoms with Crippen molar-refractivity contribution < 1.29 is 4.79 Å². The van der Waals surface area contributed by atoms with Crippen molar-refractivity contribution in [2.75, 3.05) is 0 Å². The molecule has 5 rings (SSSR count). The largest absolute Gasteiger partial charge is 0.293 e. The quantitative estimate of drug-likeness (QED) is 0.297. The van der Waals surface area contributed by atoms with E-state index in [0.717, 1.165) is 25.8 Å². The standard InChI is InChI=1S/C27H26Br2N6O2/c1-16-21-14-30-35(27(2,3)4)25(21)26(37)33(31-16)15-24(36)34-23(18-7-11-20(29)12-8-18)13-22(32-34)17-5-9-19(28)10-6-17/h5-12,14,23H,13,15H2,1-4H3. The van der Waals surface area contributed by atoms with Gasteiger partial charge in [0.05, 0.1) is 29.2 Å². The maximum Gasteiger partial charge on any atom is 0.293 e. The van der Waals surface area contributed by atoms with Gasteiger partial charge in [0.15, 0.2) is 0 Å². The molecule has 0 radical (unpaired) electrons. The number of carbonyl (C=O) groups excluding carboxylic acids is 1. The minimum Gasteiger partial charge on any atom is -0.271 e. The lowest BCUT2D eigenvalue weighted by molar-refractivity contribution is -0.133. The van der Waals surface area contributed by atoms with Crippen LogP contribution in [-0.4, -0.2) is 36.2 Å². The summed E-state index contributed by atoms with van der Waals surface area (Å²) in [6, 6.07) is 15.4. The third-order valence-corrected chi connectivity index (χ3v) is 7.44. The molecule has 0 fully saturated rings. The SMILES string of the molecule is Cc1nn(CC(=O)N2N=C(c3ccc(Br)cc3)CC2c2ccc(Br)cc2)c(=O)c2c1cnn2C(C)(C)C. The first-order valence-electron chi connectivity index (χ1n) is 11.9. The molecule has 0 N–H and O–H groups in total. The number of rotatable bonds is 4. The maximum absolute atomic E-state index is 13.7.